The van der Waals surface area contributed by atoms with E-state index in [0.29, 0.717) is 0 Å². The monoisotopic (exact) mass is 233 g/mol. The number of nitrogens with zero attached hydrogens (tertiary/aromatic N) is 2. The lowest BCUT2D eigenvalue weighted by molar-refractivity contribution is 0.590. The van der Waals surface area contributed by atoms with Gasteiger partial charge in [0, 0.05) is 0 Å². The second-order valence-corrected chi connectivity index (χ2v) is 4.80. The predicted octanol–water partition coefficient (Wildman–Crippen LogP) is 1.20. The molecule has 0 aliphatic heterocycles. The van der Waals surface area contributed by atoms with Crippen molar-refractivity contribution in [2.45, 2.75) is 26.2 Å². The fourth-order valence-electron chi connectivity index (χ4n) is 1.33. The average molecular weight is 233 g/mol. The van der Waals surface area contributed by atoms with Crippen molar-refractivity contribution >= 4 is 17.6 Å². The zero-order chi connectivity index (χ0) is 13.1. The lowest BCUT2D eigenvalue weighted by atomic mass is 9.87. The van der Waals surface area contributed by atoms with Gasteiger partial charge in [0.1, 0.15) is 0 Å². The highest BCUT2D eigenvalue weighted by Crippen LogP contribution is 2.24. The van der Waals surface area contributed by atoms with Crippen molar-refractivity contribution in [1.82, 2.24) is 0 Å². The van der Waals surface area contributed by atoms with Crippen LogP contribution in [0.2, 0.25) is 0 Å². The molecule has 0 fully saturated rings. The van der Waals surface area contributed by atoms with Gasteiger partial charge in [-0.2, -0.15) is 4.99 Å². The van der Waals surface area contributed by atoms with Crippen molar-refractivity contribution in [3.8, 4) is 0 Å². The molecule has 0 radical (unpaired) electrons. The molecule has 0 heterocycles. The Labute approximate surface area is 101 Å². The maximum absolute atomic E-state index is 5.53. The van der Waals surface area contributed by atoms with E-state index >= 15 is 0 Å². The van der Waals surface area contributed by atoms with E-state index in [9.17, 15) is 0 Å². The third kappa shape index (κ3) is 4.14. The molecule has 17 heavy (non-hydrogen) atoms. The first kappa shape index (κ1) is 13.0. The molecule has 0 atom stereocenters. The van der Waals surface area contributed by atoms with Gasteiger partial charge >= 0.3 is 0 Å². The Bertz CT molecular complexity index is 433. The first-order chi connectivity index (χ1) is 7.79. The zero-order valence-electron chi connectivity index (χ0n) is 10.4. The van der Waals surface area contributed by atoms with Crippen LogP contribution in [0.15, 0.2) is 34.3 Å². The van der Waals surface area contributed by atoms with Crippen LogP contribution in [0, 0.1) is 0 Å². The van der Waals surface area contributed by atoms with Gasteiger partial charge < -0.3 is 17.2 Å². The maximum atomic E-state index is 5.53. The molecular weight excluding hydrogens is 214 g/mol. The molecule has 0 amide bonds. The molecule has 0 spiro atoms. The molecule has 0 aliphatic carbocycles. The summed E-state index contributed by atoms with van der Waals surface area (Å²) in [5.74, 6) is -0.0499. The summed E-state index contributed by atoms with van der Waals surface area (Å²) in [5, 5.41) is 0. The third-order valence-electron chi connectivity index (χ3n) is 2.22. The van der Waals surface area contributed by atoms with E-state index in [1.54, 1.807) is 0 Å². The number of benzene rings is 1. The quantitative estimate of drug-likeness (QED) is 0.501. The number of rotatable bonds is 1. The number of nitrogens with two attached hydrogens (primary N) is 3. The van der Waals surface area contributed by atoms with Gasteiger partial charge in [-0.1, -0.05) is 32.9 Å². The van der Waals surface area contributed by atoms with Crippen molar-refractivity contribution in [3.05, 3.63) is 29.8 Å². The molecule has 0 saturated carbocycles. The SMILES string of the molecule is CC(C)(C)c1ccc(N=C(N)N=C(N)N)cc1. The second-order valence-electron chi connectivity index (χ2n) is 4.80. The van der Waals surface area contributed by atoms with Gasteiger partial charge in [0.25, 0.3) is 0 Å². The Morgan fingerprint density at radius 2 is 1.53 bits per heavy atom. The highest BCUT2D eigenvalue weighted by molar-refractivity contribution is 5.93. The van der Waals surface area contributed by atoms with Crippen LogP contribution in [0.4, 0.5) is 5.69 Å². The van der Waals surface area contributed by atoms with Gasteiger partial charge in [-0.05, 0) is 23.1 Å². The lowest BCUT2D eigenvalue weighted by Crippen LogP contribution is -2.26. The first-order valence-electron chi connectivity index (χ1n) is 5.33. The molecule has 1 aromatic carbocycles. The largest absolute Gasteiger partial charge is 0.370 e. The van der Waals surface area contributed by atoms with Gasteiger partial charge in [0.15, 0.2) is 5.96 Å². The fraction of sp³-hybridized carbons (Fsp3) is 0.333. The van der Waals surface area contributed by atoms with Crippen LogP contribution in [0.1, 0.15) is 26.3 Å². The van der Waals surface area contributed by atoms with E-state index in [1.807, 2.05) is 24.3 Å². The summed E-state index contributed by atoms with van der Waals surface area (Å²) in [6, 6.07) is 7.80. The van der Waals surface area contributed by atoms with Crippen LogP contribution in [0.25, 0.3) is 0 Å². The van der Waals surface area contributed by atoms with Gasteiger partial charge in [0.2, 0.25) is 5.96 Å². The fourth-order valence-corrected chi connectivity index (χ4v) is 1.33. The second kappa shape index (κ2) is 4.86. The van der Waals surface area contributed by atoms with Crippen LogP contribution in [-0.2, 0) is 5.41 Å². The molecule has 6 N–H and O–H groups in total. The van der Waals surface area contributed by atoms with Gasteiger partial charge in [-0.25, -0.2) is 4.99 Å². The summed E-state index contributed by atoms with van der Waals surface area (Å²) >= 11 is 0. The summed E-state index contributed by atoms with van der Waals surface area (Å²) in [6.07, 6.45) is 0. The number of guanidine groups is 2. The molecule has 92 valence electrons. The van der Waals surface area contributed by atoms with E-state index in [4.69, 9.17) is 17.2 Å². The number of hydrogen-bond acceptors (Lipinski definition) is 1. The zero-order valence-corrected chi connectivity index (χ0v) is 10.4. The summed E-state index contributed by atoms with van der Waals surface area (Å²) in [5.41, 5.74) is 18.0. The Morgan fingerprint density at radius 3 is 1.94 bits per heavy atom. The summed E-state index contributed by atoms with van der Waals surface area (Å²) in [6.45, 7) is 6.46. The molecule has 0 aliphatic rings. The van der Waals surface area contributed by atoms with E-state index in [2.05, 4.69) is 30.8 Å². The topological polar surface area (TPSA) is 103 Å². The van der Waals surface area contributed by atoms with E-state index in [0.717, 1.165) is 5.69 Å². The molecule has 1 rings (SSSR count). The summed E-state index contributed by atoms with van der Waals surface area (Å²) in [7, 11) is 0. The molecule has 0 saturated heterocycles. The summed E-state index contributed by atoms with van der Waals surface area (Å²) in [4.78, 5) is 7.71. The van der Waals surface area contributed by atoms with Crippen LogP contribution < -0.4 is 17.2 Å². The van der Waals surface area contributed by atoms with Crippen molar-refractivity contribution in [1.29, 1.82) is 0 Å². The Balaban J connectivity index is 2.93. The van der Waals surface area contributed by atoms with Crippen molar-refractivity contribution in [3.63, 3.8) is 0 Å². The Hall–Kier alpha value is -2.04. The molecule has 5 heteroatoms. The molecule has 0 aromatic heterocycles. The Kier molecular flexibility index (Phi) is 3.73. The van der Waals surface area contributed by atoms with Crippen LogP contribution in [0.5, 0.6) is 0 Å². The van der Waals surface area contributed by atoms with Gasteiger partial charge in [-0.15, -0.1) is 0 Å². The number of hydrogen-bond donors (Lipinski definition) is 3. The van der Waals surface area contributed by atoms with Crippen LogP contribution >= 0.6 is 0 Å². The van der Waals surface area contributed by atoms with Gasteiger partial charge in [0.05, 0.1) is 5.69 Å². The van der Waals surface area contributed by atoms with Crippen LogP contribution in [0.3, 0.4) is 0 Å². The Morgan fingerprint density at radius 1 is 1.00 bits per heavy atom. The summed E-state index contributed by atoms with van der Waals surface area (Å²) < 4.78 is 0. The minimum atomic E-state index is -0.0995. The smallest absolute Gasteiger partial charge is 0.223 e. The molecule has 0 unspecified atom stereocenters. The van der Waals surface area contributed by atoms with E-state index in [-0.39, 0.29) is 17.3 Å². The molecule has 5 nitrogen and oxygen atoms in total. The first-order valence-corrected chi connectivity index (χ1v) is 5.33. The van der Waals surface area contributed by atoms with Gasteiger partial charge in [-0.3, -0.25) is 0 Å². The average Bonchev–Trinajstić information content (AvgIpc) is 2.15. The van der Waals surface area contributed by atoms with Crippen LogP contribution in [-0.4, -0.2) is 11.9 Å². The normalized spacial score (nSPS) is 12.3. The van der Waals surface area contributed by atoms with Crippen molar-refractivity contribution < 1.29 is 0 Å². The molecule has 0 bridgehead atoms. The maximum Gasteiger partial charge on any atom is 0.223 e. The van der Waals surface area contributed by atoms with E-state index < -0.39 is 0 Å². The third-order valence-corrected chi connectivity index (χ3v) is 2.22. The standard InChI is InChI=1S/C12H19N5/c1-12(2,3)8-4-6-9(7-5-8)16-11(15)17-10(13)14/h4-7H,1-3H3,(H6,13,14,15,16,17). The van der Waals surface area contributed by atoms with Crippen molar-refractivity contribution in [2.75, 3.05) is 0 Å². The molecular formula is C12H19N5. The van der Waals surface area contributed by atoms with E-state index in [1.165, 1.54) is 5.56 Å². The highest BCUT2D eigenvalue weighted by atomic mass is 15.1. The molecule has 1 aromatic rings. The minimum absolute atomic E-state index is 0.0495. The lowest BCUT2D eigenvalue weighted by Gasteiger charge is -2.18. The minimum Gasteiger partial charge on any atom is -0.370 e. The highest BCUT2D eigenvalue weighted by Gasteiger charge is 2.12. The number of aliphatic imine (C=N–C) groups is 2. The predicted molar refractivity (Wildman–Crippen MR) is 72.2 cm³/mol. The van der Waals surface area contributed by atoms with Crippen molar-refractivity contribution in [2.24, 2.45) is 27.2 Å².